The molecule has 7 nitrogen and oxygen atoms in total. The van der Waals surface area contributed by atoms with Crippen molar-refractivity contribution in [3.05, 3.63) is 0 Å². The van der Waals surface area contributed by atoms with Gasteiger partial charge >= 0.3 is 5.97 Å². The van der Waals surface area contributed by atoms with Crippen LogP contribution < -0.4 is 5.32 Å². The highest BCUT2D eigenvalue weighted by atomic mass is 16.4. The quantitative estimate of drug-likeness (QED) is 0.614. The molecule has 0 spiro atoms. The van der Waals surface area contributed by atoms with E-state index in [1.54, 1.807) is 9.80 Å². The fourth-order valence-corrected chi connectivity index (χ4v) is 3.03. The zero-order valence-corrected chi connectivity index (χ0v) is 15.8. The Morgan fingerprint density at radius 3 is 2.36 bits per heavy atom. The highest BCUT2D eigenvalue weighted by Gasteiger charge is 2.28. The minimum Gasteiger partial charge on any atom is -0.480 e. The van der Waals surface area contributed by atoms with Crippen LogP contribution in [0.2, 0.25) is 0 Å². The number of aliphatic carboxylic acids is 1. The minimum atomic E-state index is -0.918. The smallest absolute Gasteiger partial charge is 0.317 e. The van der Waals surface area contributed by atoms with E-state index in [-0.39, 0.29) is 30.8 Å². The topological polar surface area (TPSA) is 90.0 Å². The maximum atomic E-state index is 12.4. The van der Waals surface area contributed by atoms with Crippen molar-refractivity contribution in [3.63, 3.8) is 0 Å². The highest BCUT2D eigenvalue weighted by Crippen LogP contribution is 2.17. The first-order valence-corrected chi connectivity index (χ1v) is 9.33. The van der Waals surface area contributed by atoms with Crippen LogP contribution in [0.15, 0.2) is 0 Å². The van der Waals surface area contributed by atoms with E-state index < -0.39 is 5.97 Å². The van der Waals surface area contributed by atoms with E-state index in [0.717, 1.165) is 12.8 Å². The molecule has 2 amide bonds. The number of rotatable bonds is 10. The standard InChI is InChI=1S/C18H33N3O4/c1-4-9-20(13-17(23)24)12-16(22)21-10-6-15(7-11-21)18(25)19-8-5-14(2)3/h14-15H,4-13H2,1-3H3,(H,19,25)(H,23,24). The molecule has 0 unspecified atom stereocenters. The van der Waals surface area contributed by atoms with Gasteiger partial charge in [-0.05, 0) is 38.1 Å². The maximum Gasteiger partial charge on any atom is 0.317 e. The Hall–Kier alpha value is -1.63. The number of amides is 2. The molecule has 0 aromatic heterocycles. The summed E-state index contributed by atoms with van der Waals surface area (Å²) in [6.07, 6.45) is 3.12. The molecule has 25 heavy (non-hydrogen) atoms. The average Bonchev–Trinajstić information content (AvgIpc) is 2.54. The van der Waals surface area contributed by atoms with Gasteiger partial charge in [-0.25, -0.2) is 0 Å². The Morgan fingerprint density at radius 2 is 1.84 bits per heavy atom. The van der Waals surface area contributed by atoms with Gasteiger partial charge in [0.05, 0.1) is 13.1 Å². The number of likely N-dealkylation sites (tertiary alicyclic amines) is 1. The second kappa shape index (κ2) is 11.1. The number of hydrogen-bond acceptors (Lipinski definition) is 4. The van der Waals surface area contributed by atoms with Gasteiger partial charge in [0.1, 0.15) is 0 Å². The highest BCUT2D eigenvalue weighted by molar-refractivity contribution is 5.81. The number of carbonyl (C=O) groups is 3. The van der Waals surface area contributed by atoms with Gasteiger partial charge < -0.3 is 15.3 Å². The Balaban J connectivity index is 2.37. The van der Waals surface area contributed by atoms with Gasteiger partial charge in [0, 0.05) is 25.6 Å². The third-order valence-electron chi connectivity index (χ3n) is 4.50. The van der Waals surface area contributed by atoms with Crippen LogP contribution in [0.3, 0.4) is 0 Å². The van der Waals surface area contributed by atoms with Gasteiger partial charge in [0.25, 0.3) is 0 Å². The molecule has 0 bridgehead atoms. The van der Waals surface area contributed by atoms with E-state index in [1.165, 1.54) is 0 Å². The molecular weight excluding hydrogens is 322 g/mol. The molecule has 144 valence electrons. The first-order valence-electron chi connectivity index (χ1n) is 9.33. The predicted octanol–water partition coefficient (Wildman–Crippen LogP) is 1.18. The van der Waals surface area contributed by atoms with Gasteiger partial charge in [-0.3, -0.25) is 19.3 Å². The Morgan fingerprint density at radius 1 is 1.20 bits per heavy atom. The van der Waals surface area contributed by atoms with E-state index in [4.69, 9.17) is 5.11 Å². The monoisotopic (exact) mass is 355 g/mol. The summed E-state index contributed by atoms with van der Waals surface area (Å²) in [6.45, 7) is 8.65. The molecule has 1 aliphatic rings. The van der Waals surface area contributed by atoms with Crippen LogP contribution in [0.1, 0.15) is 46.5 Å². The van der Waals surface area contributed by atoms with Crippen LogP contribution >= 0.6 is 0 Å². The third kappa shape index (κ3) is 8.34. The largest absolute Gasteiger partial charge is 0.480 e. The second-order valence-corrected chi connectivity index (χ2v) is 7.23. The molecule has 1 fully saturated rings. The number of piperidine rings is 1. The maximum absolute atomic E-state index is 12.4. The van der Waals surface area contributed by atoms with Crippen molar-refractivity contribution in [2.45, 2.75) is 46.5 Å². The van der Waals surface area contributed by atoms with Gasteiger partial charge in [-0.15, -0.1) is 0 Å². The molecule has 2 N–H and O–H groups in total. The molecule has 0 aromatic carbocycles. The lowest BCUT2D eigenvalue weighted by Gasteiger charge is -2.33. The molecule has 0 saturated carbocycles. The van der Waals surface area contributed by atoms with Gasteiger partial charge in [-0.2, -0.15) is 0 Å². The summed E-state index contributed by atoms with van der Waals surface area (Å²) in [7, 11) is 0. The molecule has 0 aromatic rings. The lowest BCUT2D eigenvalue weighted by atomic mass is 9.95. The molecule has 7 heteroatoms. The predicted molar refractivity (Wildman–Crippen MR) is 96.1 cm³/mol. The first-order chi connectivity index (χ1) is 11.8. The number of carboxylic acids is 1. The lowest BCUT2D eigenvalue weighted by Crippen LogP contribution is -2.47. The molecule has 0 aliphatic carbocycles. The fraction of sp³-hybridized carbons (Fsp3) is 0.833. The van der Waals surface area contributed by atoms with Crippen molar-refractivity contribution in [1.29, 1.82) is 0 Å². The van der Waals surface area contributed by atoms with Crippen molar-refractivity contribution in [2.75, 3.05) is 39.3 Å². The summed E-state index contributed by atoms with van der Waals surface area (Å²) in [6, 6.07) is 0. The minimum absolute atomic E-state index is 0.0259. The molecule has 0 atom stereocenters. The van der Waals surface area contributed by atoms with Crippen LogP contribution in [0.25, 0.3) is 0 Å². The van der Waals surface area contributed by atoms with Crippen molar-refractivity contribution in [2.24, 2.45) is 11.8 Å². The summed E-state index contributed by atoms with van der Waals surface area (Å²) in [5, 5.41) is 11.9. The van der Waals surface area contributed by atoms with Crippen LogP contribution in [0, 0.1) is 11.8 Å². The zero-order chi connectivity index (χ0) is 18.8. The van der Waals surface area contributed by atoms with Crippen molar-refractivity contribution < 1.29 is 19.5 Å². The van der Waals surface area contributed by atoms with Crippen molar-refractivity contribution in [1.82, 2.24) is 15.1 Å². The van der Waals surface area contributed by atoms with Crippen LogP contribution in [-0.2, 0) is 14.4 Å². The van der Waals surface area contributed by atoms with Crippen molar-refractivity contribution in [3.8, 4) is 0 Å². The number of hydrogen-bond donors (Lipinski definition) is 2. The normalized spacial score (nSPS) is 15.6. The summed E-state index contributed by atoms with van der Waals surface area (Å²) in [5.41, 5.74) is 0. The van der Waals surface area contributed by atoms with E-state index >= 15 is 0 Å². The molecule has 1 saturated heterocycles. The Bertz CT molecular complexity index is 446. The molecule has 1 aliphatic heterocycles. The fourth-order valence-electron chi connectivity index (χ4n) is 3.03. The summed E-state index contributed by atoms with van der Waals surface area (Å²) in [4.78, 5) is 38.8. The summed E-state index contributed by atoms with van der Waals surface area (Å²) in [5.74, 6) is -0.337. The van der Waals surface area contributed by atoms with E-state index in [9.17, 15) is 14.4 Å². The van der Waals surface area contributed by atoms with Crippen molar-refractivity contribution >= 4 is 17.8 Å². The first kappa shape index (κ1) is 21.4. The van der Waals surface area contributed by atoms with Gasteiger partial charge in [-0.1, -0.05) is 20.8 Å². The van der Waals surface area contributed by atoms with Gasteiger partial charge in [0.15, 0.2) is 0 Å². The number of carbonyl (C=O) groups excluding carboxylic acids is 2. The summed E-state index contributed by atoms with van der Waals surface area (Å²) < 4.78 is 0. The Kier molecular flexibility index (Phi) is 9.49. The number of carboxylic acid groups (broad SMARTS) is 1. The average molecular weight is 355 g/mol. The lowest BCUT2D eigenvalue weighted by molar-refractivity contribution is -0.141. The Labute approximate surface area is 150 Å². The number of nitrogens with zero attached hydrogens (tertiary/aromatic N) is 2. The number of nitrogens with one attached hydrogen (secondary N) is 1. The zero-order valence-electron chi connectivity index (χ0n) is 15.8. The summed E-state index contributed by atoms with van der Waals surface area (Å²) >= 11 is 0. The van der Waals surface area contributed by atoms with Crippen LogP contribution in [0.4, 0.5) is 0 Å². The molecule has 1 heterocycles. The molecule has 1 rings (SSSR count). The third-order valence-corrected chi connectivity index (χ3v) is 4.50. The van der Waals surface area contributed by atoms with E-state index in [2.05, 4.69) is 19.2 Å². The van der Waals surface area contributed by atoms with E-state index in [1.807, 2.05) is 6.92 Å². The molecule has 0 radical (unpaired) electrons. The molecular formula is C18H33N3O4. The second-order valence-electron chi connectivity index (χ2n) is 7.23. The van der Waals surface area contributed by atoms with E-state index in [0.29, 0.717) is 44.9 Å². The van der Waals surface area contributed by atoms with Gasteiger partial charge in [0.2, 0.25) is 11.8 Å². The van der Waals surface area contributed by atoms with Crippen LogP contribution in [-0.4, -0.2) is 72.0 Å². The van der Waals surface area contributed by atoms with Crippen LogP contribution in [0.5, 0.6) is 0 Å². The SMILES string of the molecule is CCCN(CC(=O)O)CC(=O)N1CCC(C(=O)NCCC(C)C)CC1.